The van der Waals surface area contributed by atoms with Gasteiger partial charge in [0.05, 0.1) is 0 Å². The van der Waals surface area contributed by atoms with E-state index in [1.165, 1.54) is 5.56 Å². The van der Waals surface area contributed by atoms with Crippen LogP contribution in [0.4, 0.5) is 0 Å². The first kappa shape index (κ1) is 16.7. The molecule has 0 spiro atoms. The molecule has 0 unspecified atom stereocenters. The highest BCUT2D eigenvalue weighted by atomic mass is 16.2. The van der Waals surface area contributed by atoms with E-state index in [1.807, 2.05) is 29.2 Å². The summed E-state index contributed by atoms with van der Waals surface area (Å²) in [5, 5.41) is 3.22. The number of carbonyl (C=O) groups excluding carboxylic acids is 2. The van der Waals surface area contributed by atoms with E-state index in [9.17, 15) is 9.59 Å². The molecule has 0 aromatic heterocycles. The summed E-state index contributed by atoms with van der Waals surface area (Å²) in [5.41, 5.74) is 1.96. The second kappa shape index (κ2) is 8.08. The van der Waals surface area contributed by atoms with Crippen LogP contribution in [0.15, 0.2) is 24.3 Å². The Morgan fingerprint density at radius 1 is 1.09 bits per heavy atom. The molecule has 1 fully saturated rings. The lowest BCUT2D eigenvalue weighted by Gasteiger charge is -2.27. The molecule has 1 aromatic rings. The Labute approximate surface area is 132 Å². The van der Waals surface area contributed by atoms with Crippen molar-refractivity contribution in [1.82, 2.24) is 10.2 Å². The number of Topliss-reactive ketones (excluding diaryl/α,β-unsaturated/α-hetero) is 1. The first-order chi connectivity index (χ1) is 10.6. The zero-order chi connectivity index (χ0) is 15.9. The monoisotopic (exact) mass is 302 g/mol. The molecule has 1 heterocycles. The number of amides is 1. The van der Waals surface area contributed by atoms with Gasteiger partial charge in [-0.1, -0.05) is 38.1 Å². The Kier molecular flexibility index (Phi) is 6.13. The summed E-state index contributed by atoms with van der Waals surface area (Å²) in [6.07, 6.45) is 1.63. The van der Waals surface area contributed by atoms with Crippen LogP contribution in [-0.2, 0) is 11.2 Å². The van der Waals surface area contributed by atoms with Gasteiger partial charge in [0.2, 0.25) is 5.91 Å². The molecule has 1 aromatic carbocycles. The van der Waals surface area contributed by atoms with Crippen LogP contribution in [0, 0.1) is 5.92 Å². The van der Waals surface area contributed by atoms with E-state index in [0.29, 0.717) is 24.3 Å². The van der Waals surface area contributed by atoms with Crippen LogP contribution in [0.1, 0.15) is 42.6 Å². The van der Waals surface area contributed by atoms with Gasteiger partial charge in [-0.15, -0.1) is 0 Å². The second-order valence-corrected chi connectivity index (χ2v) is 6.35. The molecule has 0 aliphatic carbocycles. The third-order valence-corrected chi connectivity index (χ3v) is 3.96. The minimum atomic E-state index is 0.0552. The minimum absolute atomic E-state index is 0.0552. The van der Waals surface area contributed by atoms with Gasteiger partial charge in [-0.25, -0.2) is 0 Å². The predicted molar refractivity (Wildman–Crippen MR) is 88.0 cm³/mol. The Balaban J connectivity index is 1.82. The fourth-order valence-corrected chi connectivity index (χ4v) is 2.74. The lowest BCUT2D eigenvalue weighted by atomic mass is 9.99. The topological polar surface area (TPSA) is 49.4 Å². The van der Waals surface area contributed by atoms with Crippen LogP contribution in [0.5, 0.6) is 0 Å². The highest BCUT2D eigenvalue weighted by molar-refractivity contribution is 5.98. The summed E-state index contributed by atoms with van der Waals surface area (Å²) < 4.78 is 0. The summed E-state index contributed by atoms with van der Waals surface area (Å²) in [6, 6.07) is 7.81. The Morgan fingerprint density at radius 3 is 2.32 bits per heavy atom. The molecule has 0 radical (unpaired) electrons. The van der Waals surface area contributed by atoms with Crippen molar-refractivity contribution in [3.8, 4) is 0 Å². The molecule has 0 atom stereocenters. The Hall–Kier alpha value is -1.68. The van der Waals surface area contributed by atoms with Gasteiger partial charge in [-0.2, -0.15) is 0 Å². The SMILES string of the molecule is CC(C)Cc1ccc(C(=O)CCC(=O)N2CCNCC2)cc1. The molecule has 1 aliphatic heterocycles. The fraction of sp³-hybridized carbons (Fsp3) is 0.556. The molecule has 1 amide bonds. The largest absolute Gasteiger partial charge is 0.340 e. The second-order valence-electron chi connectivity index (χ2n) is 6.35. The van der Waals surface area contributed by atoms with Gasteiger partial charge in [-0.3, -0.25) is 9.59 Å². The van der Waals surface area contributed by atoms with Crippen molar-refractivity contribution in [3.63, 3.8) is 0 Å². The standard InChI is InChI=1S/C18H26N2O2/c1-14(2)13-15-3-5-16(6-4-15)17(21)7-8-18(22)20-11-9-19-10-12-20/h3-6,14,19H,7-13H2,1-2H3. The van der Waals surface area contributed by atoms with Crippen LogP contribution in [0.25, 0.3) is 0 Å². The Bertz CT molecular complexity index is 502. The zero-order valence-corrected chi connectivity index (χ0v) is 13.6. The van der Waals surface area contributed by atoms with Crippen LogP contribution in [0.2, 0.25) is 0 Å². The molecular formula is C18H26N2O2. The van der Waals surface area contributed by atoms with Crippen molar-refractivity contribution in [2.24, 2.45) is 5.92 Å². The van der Waals surface area contributed by atoms with Gasteiger partial charge < -0.3 is 10.2 Å². The molecule has 4 heteroatoms. The average Bonchev–Trinajstić information content (AvgIpc) is 2.53. The van der Waals surface area contributed by atoms with Gasteiger partial charge in [-0.05, 0) is 17.9 Å². The third-order valence-electron chi connectivity index (χ3n) is 3.96. The molecule has 4 nitrogen and oxygen atoms in total. The number of rotatable bonds is 6. The number of hydrogen-bond donors (Lipinski definition) is 1. The highest BCUT2D eigenvalue weighted by Gasteiger charge is 2.17. The maximum atomic E-state index is 12.2. The summed E-state index contributed by atoms with van der Waals surface area (Å²) >= 11 is 0. The molecule has 0 bridgehead atoms. The van der Waals surface area contributed by atoms with E-state index in [-0.39, 0.29) is 11.7 Å². The van der Waals surface area contributed by atoms with E-state index in [2.05, 4.69) is 19.2 Å². The van der Waals surface area contributed by atoms with E-state index >= 15 is 0 Å². The van der Waals surface area contributed by atoms with Crippen LogP contribution in [-0.4, -0.2) is 42.8 Å². The smallest absolute Gasteiger partial charge is 0.223 e. The van der Waals surface area contributed by atoms with Crippen molar-refractivity contribution in [2.75, 3.05) is 26.2 Å². The molecule has 1 N–H and O–H groups in total. The van der Waals surface area contributed by atoms with Crippen molar-refractivity contribution < 1.29 is 9.59 Å². The maximum absolute atomic E-state index is 12.2. The molecule has 120 valence electrons. The lowest BCUT2D eigenvalue weighted by Crippen LogP contribution is -2.46. The van der Waals surface area contributed by atoms with Crippen molar-refractivity contribution in [3.05, 3.63) is 35.4 Å². The normalized spacial score (nSPS) is 15.1. The summed E-state index contributed by atoms with van der Waals surface area (Å²) in [6.45, 7) is 7.55. The molecule has 22 heavy (non-hydrogen) atoms. The van der Waals surface area contributed by atoms with Gasteiger partial charge in [0, 0.05) is 44.6 Å². The van der Waals surface area contributed by atoms with Crippen molar-refractivity contribution >= 4 is 11.7 Å². The minimum Gasteiger partial charge on any atom is -0.340 e. The van der Waals surface area contributed by atoms with Gasteiger partial charge in [0.1, 0.15) is 0 Å². The number of piperazine rings is 1. The van der Waals surface area contributed by atoms with E-state index in [1.54, 1.807) is 0 Å². The quantitative estimate of drug-likeness (QED) is 0.820. The summed E-state index contributed by atoms with van der Waals surface area (Å²) in [5.74, 6) is 0.754. The molecule has 1 saturated heterocycles. The number of nitrogens with one attached hydrogen (secondary N) is 1. The molecule has 1 aliphatic rings. The molecular weight excluding hydrogens is 276 g/mol. The Morgan fingerprint density at radius 2 is 1.73 bits per heavy atom. The molecule has 2 rings (SSSR count). The van der Waals surface area contributed by atoms with E-state index < -0.39 is 0 Å². The number of ketones is 1. The number of hydrogen-bond acceptors (Lipinski definition) is 3. The van der Waals surface area contributed by atoms with E-state index in [0.717, 1.165) is 32.6 Å². The summed E-state index contributed by atoms with van der Waals surface area (Å²) in [7, 11) is 0. The number of benzene rings is 1. The predicted octanol–water partition coefficient (Wildman–Crippen LogP) is 2.28. The average molecular weight is 302 g/mol. The van der Waals surface area contributed by atoms with Crippen LogP contribution in [0.3, 0.4) is 0 Å². The number of nitrogens with zero attached hydrogens (tertiary/aromatic N) is 1. The van der Waals surface area contributed by atoms with Gasteiger partial charge in [0.15, 0.2) is 5.78 Å². The van der Waals surface area contributed by atoms with Gasteiger partial charge in [0.25, 0.3) is 0 Å². The fourth-order valence-electron chi connectivity index (χ4n) is 2.74. The molecule has 0 saturated carbocycles. The first-order valence-corrected chi connectivity index (χ1v) is 8.17. The van der Waals surface area contributed by atoms with Gasteiger partial charge >= 0.3 is 0 Å². The van der Waals surface area contributed by atoms with Crippen molar-refractivity contribution in [2.45, 2.75) is 33.1 Å². The van der Waals surface area contributed by atoms with Crippen LogP contribution >= 0.6 is 0 Å². The lowest BCUT2D eigenvalue weighted by molar-refractivity contribution is -0.131. The van der Waals surface area contributed by atoms with E-state index in [4.69, 9.17) is 0 Å². The number of carbonyl (C=O) groups is 2. The highest BCUT2D eigenvalue weighted by Crippen LogP contribution is 2.12. The summed E-state index contributed by atoms with van der Waals surface area (Å²) in [4.78, 5) is 26.1. The van der Waals surface area contributed by atoms with Crippen LogP contribution < -0.4 is 5.32 Å². The third kappa shape index (κ3) is 4.95. The first-order valence-electron chi connectivity index (χ1n) is 8.17. The van der Waals surface area contributed by atoms with Crippen molar-refractivity contribution in [1.29, 1.82) is 0 Å². The maximum Gasteiger partial charge on any atom is 0.223 e. The zero-order valence-electron chi connectivity index (χ0n) is 13.6.